The Morgan fingerprint density at radius 3 is 2.65 bits per heavy atom. The number of nitrogens with two attached hydrogens (primary N) is 1. The van der Waals surface area contributed by atoms with Crippen molar-refractivity contribution < 1.29 is 17.9 Å². The molecule has 0 aliphatic carbocycles. The number of sulfonamides is 1. The van der Waals surface area contributed by atoms with Gasteiger partial charge in [-0.15, -0.1) is 0 Å². The van der Waals surface area contributed by atoms with Crippen LogP contribution in [0.25, 0.3) is 0 Å². The van der Waals surface area contributed by atoms with Gasteiger partial charge in [-0.3, -0.25) is 4.79 Å². The maximum absolute atomic E-state index is 12.2. The minimum Gasteiger partial charge on any atom is -0.465 e. The standard InChI is InChI=1S/C12H17ClN2O4S/c1-4-19-12(16)8(3)15-20(17,18)11-6-10(14)9(13)5-7(11)2/h5-6,8,15H,4,14H2,1-3H3. The Hall–Kier alpha value is -1.31. The highest BCUT2D eigenvalue weighted by atomic mass is 35.5. The van der Waals surface area contributed by atoms with Gasteiger partial charge in [0.25, 0.3) is 0 Å². The Morgan fingerprint density at radius 2 is 2.10 bits per heavy atom. The van der Waals surface area contributed by atoms with Crippen LogP contribution in [-0.4, -0.2) is 27.0 Å². The molecule has 8 heteroatoms. The van der Waals surface area contributed by atoms with Crippen LogP contribution in [0.3, 0.4) is 0 Å². The summed E-state index contributed by atoms with van der Waals surface area (Å²) in [5.41, 5.74) is 6.20. The van der Waals surface area contributed by atoms with Gasteiger partial charge in [-0.2, -0.15) is 4.72 Å². The Labute approximate surface area is 123 Å². The van der Waals surface area contributed by atoms with Crippen LogP contribution in [0.4, 0.5) is 5.69 Å². The Morgan fingerprint density at radius 1 is 1.50 bits per heavy atom. The molecule has 0 amide bonds. The van der Waals surface area contributed by atoms with Gasteiger partial charge in [-0.25, -0.2) is 8.42 Å². The van der Waals surface area contributed by atoms with Gasteiger partial charge < -0.3 is 10.5 Å². The van der Waals surface area contributed by atoms with Crippen LogP contribution in [-0.2, 0) is 19.6 Å². The predicted octanol–water partition coefficient (Wildman–Crippen LogP) is 1.46. The largest absolute Gasteiger partial charge is 0.465 e. The molecule has 112 valence electrons. The molecule has 0 saturated heterocycles. The summed E-state index contributed by atoms with van der Waals surface area (Å²) in [7, 11) is -3.88. The number of aryl methyl sites for hydroxylation is 1. The van der Waals surface area contributed by atoms with Crippen molar-refractivity contribution in [3.05, 3.63) is 22.7 Å². The summed E-state index contributed by atoms with van der Waals surface area (Å²) < 4.78 is 31.4. The van der Waals surface area contributed by atoms with E-state index >= 15 is 0 Å². The maximum Gasteiger partial charge on any atom is 0.323 e. The molecule has 6 nitrogen and oxygen atoms in total. The molecule has 0 spiro atoms. The number of carbonyl (C=O) groups is 1. The molecule has 1 aromatic carbocycles. The third-order valence-corrected chi connectivity index (χ3v) is 4.57. The lowest BCUT2D eigenvalue weighted by Gasteiger charge is -2.15. The number of halogens is 1. The molecule has 0 aliphatic heterocycles. The Kier molecular flexibility index (Phi) is 5.38. The van der Waals surface area contributed by atoms with Gasteiger partial charge in [-0.1, -0.05) is 11.6 Å². The maximum atomic E-state index is 12.2. The van der Waals surface area contributed by atoms with E-state index in [0.717, 1.165) is 0 Å². The van der Waals surface area contributed by atoms with E-state index in [-0.39, 0.29) is 22.2 Å². The van der Waals surface area contributed by atoms with Crippen LogP contribution in [0.1, 0.15) is 19.4 Å². The van der Waals surface area contributed by atoms with E-state index in [4.69, 9.17) is 22.1 Å². The zero-order valence-electron chi connectivity index (χ0n) is 11.4. The lowest BCUT2D eigenvalue weighted by atomic mass is 10.2. The van der Waals surface area contributed by atoms with E-state index in [1.54, 1.807) is 13.8 Å². The van der Waals surface area contributed by atoms with Crippen molar-refractivity contribution in [1.82, 2.24) is 4.72 Å². The average Bonchev–Trinajstić information content (AvgIpc) is 2.33. The van der Waals surface area contributed by atoms with Gasteiger partial charge in [0, 0.05) is 0 Å². The van der Waals surface area contributed by atoms with E-state index in [2.05, 4.69) is 4.72 Å². The first-order chi connectivity index (χ1) is 9.19. The molecule has 1 unspecified atom stereocenters. The second kappa shape index (κ2) is 6.43. The molecular formula is C12H17ClN2O4S. The van der Waals surface area contributed by atoms with Gasteiger partial charge in [0.2, 0.25) is 10.0 Å². The van der Waals surface area contributed by atoms with Crippen LogP contribution in [0.5, 0.6) is 0 Å². The normalized spacial score (nSPS) is 13.0. The lowest BCUT2D eigenvalue weighted by Crippen LogP contribution is -2.39. The first-order valence-corrected chi connectivity index (χ1v) is 7.79. The molecule has 1 aromatic rings. The molecule has 1 rings (SSSR count). The van der Waals surface area contributed by atoms with Gasteiger partial charge >= 0.3 is 5.97 Å². The SMILES string of the molecule is CCOC(=O)C(C)NS(=O)(=O)c1cc(N)c(Cl)cc1C. The highest BCUT2D eigenvalue weighted by Gasteiger charge is 2.24. The van der Waals surface area contributed by atoms with Crippen molar-refractivity contribution in [3.63, 3.8) is 0 Å². The smallest absolute Gasteiger partial charge is 0.323 e. The zero-order valence-corrected chi connectivity index (χ0v) is 13.0. The van der Waals surface area contributed by atoms with Gasteiger partial charge in [0.05, 0.1) is 22.2 Å². The number of nitrogen functional groups attached to an aromatic ring is 1. The van der Waals surface area contributed by atoms with E-state index < -0.39 is 22.0 Å². The summed E-state index contributed by atoms with van der Waals surface area (Å²) in [4.78, 5) is 11.4. The van der Waals surface area contributed by atoms with Crippen LogP contribution in [0, 0.1) is 6.92 Å². The van der Waals surface area contributed by atoms with Gasteiger partial charge in [0.1, 0.15) is 6.04 Å². The summed E-state index contributed by atoms with van der Waals surface area (Å²) in [6.45, 7) is 4.82. The average molecular weight is 321 g/mol. The van der Waals surface area contributed by atoms with Crippen LogP contribution in [0.15, 0.2) is 17.0 Å². The van der Waals surface area contributed by atoms with Crippen LogP contribution < -0.4 is 10.5 Å². The molecule has 0 fully saturated rings. The number of esters is 1. The number of rotatable bonds is 5. The number of ether oxygens (including phenoxy) is 1. The van der Waals surface area contributed by atoms with Crippen molar-refractivity contribution in [3.8, 4) is 0 Å². The number of hydrogen-bond donors (Lipinski definition) is 2. The molecule has 0 bridgehead atoms. The summed E-state index contributed by atoms with van der Waals surface area (Å²) >= 11 is 5.82. The third kappa shape index (κ3) is 3.84. The Bertz CT molecular complexity index is 616. The van der Waals surface area contributed by atoms with Crippen molar-refractivity contribution in [2.24, 2.45) is 0 Å². The number of anilines is 1. The number of carbonyl (C=O) groups excluding carboxylic acids is 1. The second-order valence-corrected chi connectivity index (χ2v) is 6.32. The first-order valence-electron chi connectivity index (χ1n) is 5.93. The topological polar surface area (TPSA) is 98.5 Å². The highest BCUT2D eigenvalue weighted by Crippen LogP contribution is 2.26. The second-order valence-electron chi connectivity index (χ2n) is 4.23. The fourth-order valence-electron chi connectivity index (χ4n) is 1.57. The predicted molar refractivity (Wildman–Crippen MR) is 77.0 cm³/mol. The summed E-state index contributed by atoms with van der Waals surface area (Å²) in [6, 6.07) is 1.73. The molecule has 0 saturated carbocycles. The number of nitrogens with one attached hydrogen (secondary N) is 1. The zero-order chi connectivity index (χ0) is 15.5. The fraction of sp³-hybridized carbons (Fsp3) is 0.417. The van der Waals surface area contributed by atoms with Crippen molar-refractivity contribution in [2.45, 2.75) is 31.7 Å². The molecule has 0 heterocycles. The van der Waals surface area contributed by atoms with Crippen molar-refractivity contribution >= 4 is 33.3 Å². The van der Waals surface area contributed by atoms with Gasteiger partial charge in [0.15, 0.2) is 0 Å². The van der Waals surface area contributed by atoms with Crippen LogP contribution in [0.2, 0.25) is 5.02 Å². The van der Waals surface area contributed by atoms with Crippen molar-refractivity contribution in [1.29, 1.82) is 0 Å². The summed E-state index contributed by atoms with van der Waals surface area (Å²) in [6.07, 6.45) is 0. The highest BCUT2D eigenvalue weighted by molar-refractivity contribution is 7.89. The van der Waals surface area contributed by atoms with E-state index in [1.165, 1.54) is 19.1 Å². The van der Waals surface area contributed by atoms with E-state index in [1.807, 2.05) is 0 Å². The lowest BCUT2D eigenvalue weighted by molar-refractivity contribution is -0.144. The number of benzene rings is 1. The minimum atomic E-state index is -3.88. The molecular weight excluding hydrogens is 304 g/mol. The minimum absolute atomic E-state index is 0.0180. The van der Waals surface area contributed by atoms with E-state index in [0.29, 0.717) is 5.56 Å². The van der Waals surface area contributed by atoms with Crippen LogP contribution >= 0.6 is 11.6 Å². The summed E-state index contributed by atoms with van der Waals surface area (Å²) in [5.74, 6) is -0.643. The fourth-order valence-corrected chi connectivity index (χ4v) is 3.24. The molecule has 0 aromatic heterocycles. The van der Waals surface area contributed by atoms with Gasteiger partial charge in [-0.05, 0) is 38.5 Å². The first kappa shape index (κ1) is 16.7. The third-order valence-electron chi connectivity index (χ3n) is 2.56. The quantitative estimate of drug-likeness (QED) is 0.632. The molecule has 20 heavy (non-hydrogen) atoms. The summed E-state index contributed by atoms with van der Waals surface area (Å²) in [5, 5.41) is 0.278. The number of hydrogen-bond acceptors (Lipinski definition) is 5. The molecule has 0 radical (unpaired) electrons. The Balaban J connectivity index is 3.06. The molecule has 3 N–H and O–H groups in total. The molecule has 0 aliphatic rings. The van der Waals surface area contributed by atoms with Crippen molar-refractivity contribution in [2.75, 3.05) is 12.3 Å². The van der Waals surface area contributed by atoms with E-state index in [9.17, 15) is 13.2 Å². The molecule has 1 atom stereocenters. The monoisotopic (exact) mass is 320 g/mol.